The van der Waals surface area contributed by atoms with E-state index in [0.717, 1.165) is 22.4 Å². The van der Waals surface area contributed by atoms with Gasteiger partial charge < -0.3 is 10.2 Å². The zero-order valence-corrected chi connectivity index (χ0v) is 19.8. The molecule has 2 amide bonds. The minimum atomic E-state index is -2.92. The third kappa shape index (κ3) is 4.74. The molecule has 0 aliphatic heterocycles. The predicted octanol–water partition coefficient (Wildman–Crippen LogP) is 4.03. The molecule has 1 heterocycles. The minimum Gasteiger partial charge on any atom is -0.346 e. The van der Waals surface area contributed by atoms with Crippen LogP contribution in [-0.2, 0) is 24.7 Å². The van der Waals surface area contributed by atoms with Crippen LogP contribution >= 0.6 is 11.6 Å². The largest absolute Gasteiger partial charge is 0.346 e. The van der Waals surface area contributed by atoms with Crippen molar-refractivity contribution in [2.45, 2.75) is 43.8 Å². The van der Waals surface area contributed by atoms with Gasteiger partial charge in [-0.2, -0.15) is 5.10 Å². The number of hydrogen-bond donors (Lipinski definition) is 1. The van der Waals surface area contributed by atoms with Crippen molar-refractivity contribution in [3.05, 3.63) is 63.8 Å². The van der Waals surface area contributed by atoms with Crippen molar-refractivity contribution in [3.63, 3.8) is 0 Å². The van der Waals surface area contributed by atoms with Crippen LogP contribution in [0.5, 0.6) is 0 Å². The van der Waals surface area contributed by atoms with Crippen molar-refractivity contribution >= 4 is 23.4 Å². The Kier molecular flexibility index (Phi) is 5.99. The average molecular weight is 505 g/mol. The van der Waals surface area contributed by atoms with Gasteiger partial charge in [-0.25, -0.2) is 13.2 Å². The SMILES string of the molecule is Cn1nc(C(=O)N(CC(=O)NC2CC2(F)F)CC2=CC=CC(F)C2)c2c1-c1cc(Cl)ccc1CC2. The van der Waals surface area contributed by atoms with E-state index in [1.807, 2.05) is 18.2 Å². The number of hydrogen-bond acceptors (Lipinski definition) is 3. The summed E-state index contributed by atoms with van der Waals surface area (Å²) in [5.74, 6) is -4.11. The number of nitrogens with zero attached hydrogens (tertiary/aromatic N) is 3. The number of aromatic nitrogens is 2. The molecule has 0 bridgehead atoms. The Hall–Kier alpha value is -3.07. The molecule has 10 heteroatoms. The summed E-state index contributed by atoms with van der Waals surface area (Å²) in [6.07, 6.45) is 4.45. The molecule has 0 saturated heterocycles. The van der Waals surface area contributed by atoms with Crippen LogP contribution in [0.15, 0.2) is 42.0 Å². The number of allylic oxidation sites excluding steroid dienone is 3. The maximum absolute atomic E-state index is 13.9. The van der Waals surface area contributed by atoms with Crippen LogP contribution in [0.25, 0.3) is 11.3 Å². The summed E-state index contributed by atoms with van der Waals surface area (Å²) >= 11 is 6.21. The van der Waals surface area contributed by atoms with Gasteiger partial charge in [-0.05, 0) is 36.1 Å². The molecular weight excluding hydrogens is 481 g/mol. The Morgan fingerprint density at radius 2 is 2.09 bits per heavy atom. The molecule has 184 valence electrons. The van der Waals surface area contributed by atoms with E-state index in [1.165, 1.54) is 11.0 Å². The van der Waals surface area contributed by atoms with Crippen molar-refractivity contribution in [2.75, 3.05) is 13.1 Å². The van der Waals surface area contributed by atoms with Gasteiger partial charge in [0.05, 0.1) is 11.7 Å². The van der Waals surface area contributed by atoms with E-state index in [1.54, 1.807) is 23.9 Å². The molecule has 1 saturated carbocycles. The van der Waals surface area contributed by atoms with Crippen LogP contribution in [0.3, 0.4) is 0 Å². The molecule has 0 radical (unpaired) electrons. The Morgan fingerprint density at radius 1 is 1.31 bits per heavy atom. The smallest absolute Gasteiger partial charge is 0.275 e. The standard InChI is InChI=1S/C25H24ClF3N4O2/c1-32-23-18(8-6-15-5-7-16(26)10-19(15)23)22(31-32)24(35)33(12-14-3-2-4-17(27)9-14)13-21(34)30-20-11-25(20,28)29/h2-5,7,10,17,20H,6,8-9,11-13H2,1H3,(H,30,34). The van der Waals surface area contributed by atoms with Crippen LogP contribution in [0.2, 0.25) is 5.02 Å². The van der Waals surface area contributed by atoms with Crippen molar-refractivity contribution in [1.29, 1.82) is 0 Å². The van der Waals surface area contributed by atoms with Crippen molar-refractivity contribution in [3.8, 4) is 11.3 Å². The summed E-state index contributed by atoms with van der Waals surface area (Å²) in [4.78, 5) is 27.5. The second-order valence-electron chi connectivity index (χ2n) is 9.28. The molecule has 1 aromatic carbocycles. The first-order chi connectivity index (χ1) is 16.6. The van der Waals surface area contributed by atoms with Crippen LogP contribution in [-0.4, -0.2) is 57.7 Å². The highest BCUT2D eigenvalue weighted by Gasteiger charge is 2.57. The lowest BCUT2D eigenvalue weighted by molar-refractivity contribution is -0.122. The predicted molar refractivity (Wildman–Crippen MR) is 125 cm³/mol. The molecule has 2 unspecified atom stereocenters. The van der Waals surface area contributed by atoms with Crippen LogP contribution < -0.4 is 5.32 Å². The van der Waals surface area contributed by atoms with E-state index < -0.39 is 42.9 Å². The number of carbonyl (C=O) groups excluding carboxylic acids is 2. The van der Waals surface area contributed by atoms with Crippen molar-refractivity contribution in [1.82, 2.24) is 20.0 Å². The van der Waals surface area contributed by atoms with Crippen LogP contribution in [0.4, 0.5) is 13.2 Å². The molecule has 5 rings (SSSR count). The summed E-state index contributed by atoms with van der Waals surface area (Å²) in [5.41, 5.74) is 4.34. The van der Waals surface area contributed by atoms with Crippen LogP contribution in [0.1, 0.15) is 34.5 Å². The lowest BCUT2D eigenvalue weighted by Crippen LogP contribution is -2.43. The third-order valence-corrected chi connectivity index (χ3v) is 6.84. The van der Waals surface area contributed by atoms with Crippen molar-refractivity contribution < 1.29 is 22.8 Å². The molecule has 2 aromatic rings. The number of aryl methyl sites for hydroxylation is 2. The fraction of sp³-hybridized carbons (Fsp3) is 0.400. The van der Waals surface area contributed by atoms with Crippen LogP contribution in [0, 0.1) is 0 Å². The molecule has 35 heavy (non-hydrogen) atoms. The highest BCUT2D eigenvalue weighted by atomic mass is 35.5. The van der Waals surface area contributed by atoms with Gasteiger partial charge in [-0.1, -0.05) is 35.9 Å². The fourth-order valence-electron chi connectivity index (χ4n) is 4.75. The molecule has 6 nitrogen and oxygen atoms in total. The number of carbonyl (C=O) groups is 2. The van der Waals surface area contributed by atoms with Gasteiger partial charge in [0.1, 0.15) is 12.7 Å². The number of benzene rings is 1. The van der Waals surface area contributed by atoms with E-state index in [9.17, 15) is 22.8 Å². The van der Waals surface area contributed by atoms with E-state index >= 15 is 0 Å². The van der Waals surface area contributed by atoms with Gasteiger partial charge in [-0.3, -0.25) is 14.3 Å². The lowest BCUT2D eigenvalue weighted by atomic mass is 9.88. The van der Waals surface area contributed by atoms with E-state index in [0.29, 0.717) is 23.4 Å². The Balaban J connectivity index is 1.44. The Bertz CT molecular complexity index is 1270. The highest BCUT2D eigenvalue weighted by Crippen LogP contribution is 2.41. The minimum absolute atomic E-state index is 0.00810. The summed E-state index contributed by atoms with van der Waals surface area (Å²) in [6.45, 7) is -0.441. The van der Waals surface area contributed by atoms with Gasteiger partial charge in [0, 0.05) is 42.6 Å². The van der Waals surface area contributed by atoms with E-state index in [-0.39, 0.29) is 18.7 Å². The quantitative estimate of drug-likeness (QED) is 0.646. The number of amides is 2. The second kappa shape index (κ2) is 8.86. The summed E-state index contributed by atoms with van der Waals surface area (Å²) in [6, 6.07) is 4.40. The zero-order chi connectivity index (χ0) is 24.9. The first-order valence-electron chi connectivity index (χ1n) is 11.4. The van der Waals surface area contributed by atoms with Crippen molar-refractivity contribution in [2.24, 2.45) is 7.05 Å². The van der Waals surface area contributed by atoms with Gasteiger partial charge in [0.15, 0.2) is 5.69 Å². The molecule has 1 fully saturated rings. The number of fused-ring (bicyclic) bond motifs is 3. The highest BCUT2D eigenvalue weighted by molar-refractivity contribution is 6.30. The summed E-state index contributed by atoms with van der Waals surface area (Å²) < 4.78 is 42.1. The fourth-order valence-corrected chi connectivity index (χ4v) is 4.93. The van der Waals surface area contributed by atoms with Gasteiger partial charge in [0.25, 0.3) is 11.8 Å². The molecule has 0 spiro atoms. The summed E-state index contributed by atoms with van der Waals surface area (Å²) in [5, 5.41) is 7.33. The molecule has 1 N–H and O–H groups in total. The average Bonchev–Trinajstić information content (AvgIpc) is 3.24. The number of halogens is 4. The topological polar surface area (TPSA) is 67.2 Å². The first-order valence-corrected chi connectivity index (χ1v) is 11.8. The zero-order valence-electron chi connectivity index (χ0n) is 19.0. The third-order valence-electron chi connectivity index (χ3n) is 6.61. The monoisotopic (exact) mass is 504 g/mol. The lowest BCUT2D eigenvalue weighted by Gasteiger charge is -2.25. The Morgan fingerprint density at radius 3 is 2.80 bits per heavy atom. The van der Waals surface area contributed by atoms with E-state index in [2.05, 4.69) is 10.4 Å². The van der Waals surface area contributed by atoms with Gasteiger partial charge >= 0.3 is 0 Å². The number of nitrogens with one attached hydrogen (secondary N) is 1. The van der Waals surface area contributed by atoms with E-state index in [4.69, 9.17) is 11.6 Å². The number of rotatable bonds is 6. The molecule has 1 aromatic heterocycles. The Labute approximate surface area is 205 Å². The molecule has 3 aliphatic rings. The first kappa shape index (κ1) is 23.7. The maximum Gasteiger partial charge on any atom is 0.275 e. The second-order valence-corrected chi connectivity index (χ2v) is 9.71. The molecule has 2 atom stereocenters. The normalized spacial score (nSPS) is 21.6. The molecule has 3 aliphatic carbocycles. The number of alkyl halides is 3. The maximum atomic E-state index is 13.9. The molecular formula is C25H24ClF3N4O2. The van der Waals surface area contributed by atoms with Gasteiger partial charge in [0.2, 0.25) is 5.91 Å². The van der Waals surface area contributed by atoms with Gasteiger partial charge in [-0.15, -0.1) is 0 Å². The summed E-state index contributed by atoms with van der Waals surface area (Å²) in [7, 11) is 1.74.